The Balaban J connectivity index is 3.40. The first-order valence-electron chi connectivity index (χ1n) is 3.73. The van der Waals surface area contributed by atoms with E-state index in [4.69, 9.17) is 5.14 Å². The molecule has 0 aromatic heterocycles. The van der Waals surface area contributed by atoms with Crippen LogP contribution in [-0.4, -0.2) is 26.6 Å². The Morgan fingerprint density at radius 3 is 2.50 bits per heavy atom. The molecule has 0 aromatic rings. The monoisotopic (exact) mass is 194 g/mol. The van der Waals surface area contributed by atoms with Gasteiger partial charge in [0, 0.05) is 13.0 Å². The lowest BCUT2D eigenvalue weighted by Crippen LogP contribution is -2.26. The average molecular weight is 194 g/mol. The third kappa shape index (κ3) is 7.49. The summed E-state index contributed by atoms with van der Waals surface area (Å²) in [7, 11) is -3.38. The van der Waals surface area contributed by atoms with Gasteiger partial charge < -0.3 is 5.32 Å². The van der Waals surface area contributed by atoms with E-state index >= 15 is 0 Å². The predicted octanol–water partition coefficient (Wildman–Crippen LogP) is -0.809. The lowest BCUT2D eigenvalue weighted by molar-refractivity contribution is -0.120. The number of nitrogens with one attached hydrogen (secondary N) is 1. The van der Waals surface area contributed by atoms with Crippen LogP contribution in [0.1, 0.15) is 19.8 Å². The Morgan fingerprint density at radius 1 is 1.50 bits per heavy atom. The van der Waals surface area contributed by atoms with E-state index in [1.807, 2.05) is 0 Å². The van der Waals surface area contributed by atoms with Gasteiger partial charge in [-0.25, -0.2) is 13.6 Å². The summed E-state index contributed by atoms with van der Waals surface area (Å²) in [5.41, 5.74) is 0. The van der Waals surface area contributed by atoms with Gasteiger partial charge in [-0.05, 0) is 6.42 Å². The van der Waals surface area contributed by atoms with Crippen LogP contribution in [0.2, 0.25) is 0 Å². The highest BCUT2D eigenvalue weighted by molar-refractivity contribution is 7.89. The summed E-state index contributed by atoms with van der Waals surface area (Å²) >= 11 is 0. The van der Waals surface area contributed by atoms with Gasteiger partial charge in [-0.15, -0.1) is 0 Å². The van der Waals surface area contributed by atoms with E-state index in [1.165, 1.54) is 0 Å². The number of carbonyl (C=O) groups excluding carboxylic acids is 1. The Bertz CT molecular complexity index is 235. The molecule has 0 fully saturated rings. The van der Waals surface area contributed by atoms with Gasteiger partial charge in [0.25, 0.3) is 0 Å². The van der Waals surface area contributed by atoms with Gasteiger partial charge in [0.1, 0.15) is 0 Å². The first-order chi connectivity index (χ1) is 5.45. The molecular formula is C6H14N2O3S. The molecule has 72 valence electrons. The topological polar surface area (TPSA) is 89.3 Å². The van der Waals surface area contributed by atoms with Crippen molar-refractivity contribution in [3.8, 4) is 0 Å². The molecule has 12 heavy (non-hydrogen) atoms. The molecule has 0 bridgehead atoms. The van der Waals surface area contributed by atoms with E-state index in [0.29, 0.717) is 19.4 Å². The second-order valence-electron chi connectivity index (χ2n) is 2.42. The maximum absolute atomic E-state index is 10.6. The van der Waals surface area contributed by atoms with Crippen LogP contribution in [0.4, 0.5) is 0 Å². The van der Waals surface area contributed by atoms with Crippen LogP contribution in [0.5, 0.6) is 0 Å². The Kier molecular flexibility index (Phi) is 4.84. The minimum absolute atomic E-state index is 0.0792. The van der Waals surface area contributed by atoms with Crippen molar-refractivity contribution >= 4 is 15.9 Å². The normalized spacial score (nSPS) is 11.2. The molecule has 0 spiro atoms. The molecule has 0 saturated carbocycles. The molecule has 0 aromatic carbocycles. The van der Waals surface area contributed by atoms with Crippen LogP contribution in [0.15, 0.2) is 0 Å². The first kappa shape index (κ1) is 11.4. The zero-order valence-electron chi connectivity index (χ0n) is 7.04. The summed E-state index contributed by atoms with van der Waals surface area (Å²) < 4.78 is 20.8. The largest absolute Gasteiger partial charge is 0.356 e. The maximum atomic E-state index is 10.6. The van der Waals surface area contributed by atoms with Crippen molar-refractivity contribution in [2.75, 3.05) is 12.3 Å². The molecule has 3 N–H and O–H groups in total. The van der Waals surface area contributed by atoms with Crippen molar-refractivity contribution in [1.29, 1.82) is 0 Å². The van der Waals surface area contributed by atoms with Crippen LogP contribution < -0.4 is 10.5 Å². The average Bonchev–Trinajstić information content (AvgIpc) is 1.96. The van der Waals surface area contributed by atoms with Gasteiger partial charge in [0.05, 0.1) is 5.75 Å². The van der Waals surface area contributed by atoms with Gasteiger partial charge in [0.15, 0.2) is 0 Å². The zero-order valence-corrected chi connectivity index (χ0v) is 7.86. The summed E-state index contributed by atoms with van der Waals surface area (Å²) in [6.07, 6.45) is 0.778. The number of amides is 1. The highest BCUT2D eigenvalue weighted by Crippen LogP contribution is 1.84. The number of hydrogen-bond acceptors (Lipinski definition) is 3. The summed E-state index contributed by atoms with van der Waals surface area (Å²) in [6.45, 7) is 2.10. The first-order valence-corrected chi connectivity index (χ1v) is 5.44. The van der Waals surface area contributed by atoms with Crippen molar-refractivity contribution in [1.82, 2.24) is 5.32 Å². The van der Waals surface area contributed by atoms with Crippen LogP contribution in [0, 0.1) is 0 Å². The van der Waals surface area contributed by atoms with Gasteiger partial charge in [0.2, 0.25) is 15.9 Å². The lowest BCUT2D eigenvalue weighted by Gasteiger charge is -2.01. The quantitative estimate of drug-likeness (QED) is 0.561. The van der Waals surface area contributed by atoms with Crippen molar-refractivity contribution < 1.29 is 13.2 Å². The highest BCUT2D eigenvalue weighted by atomic mass is 32.2. The number of hydrogen-bond donors (Lipinski definition) is 2. The van der Waals surface area contributed by atoms with Gasteiger partial charge in [-0.3, -0.25) is 4.79 Å². The summed E-state index contributed by atoms with van der Waals surface area (Å²) in [5, 5.41) is 7.29. The van der Waals surface area contributed by atoms with E-state index in [1.54, 1.807) is 6.92 Å². The zero-order chi connectivity index (χ0) is 9.61. The molecule has 0 radical (unpaired) electrons. The molecule has 0 heterocycles. The standard InChI is InChI=1S/C6H14N2O3S/c1-2-6(9)8-4-3-5-12(7,10)11/h2-5H2,1H3,(H,8,9)(H2,7,10,11). The molecule has 5 nitrogen and oxygen atoms in total. The fourth-order valence-electron chi connectivity index (χ4n) is 0.626. The number of carbonyl (C=O) groups is 1. The van der Waals surface area contributed by atoms with Crippen molar-refractivity contribution in [2.45, 2.75) is 19.8 Å². The van der Waals surface area contributed by atoms with Crippen LogP contribution in [0.3, 0.4) is 0 Å². The molecule has 6 heteroatoms. The fourth-order valence-corrected chi connectivity index (χ4v) is 1.17. The SMILES string of the molecule is CCC(=O)NCCCS(N)(=O)=O. The number of rotatable bonds is 5. The minimum Gasteiger partial charge on any atom is -0.356 e. The molecule has 0 aliphatic rings. The molecule has 0 rings (SSSR count). The van der Waals surface area contributed by atoms with Gasteiger partial charge in [-0.2, -0.15) is 0 Å². The van der Waals surface area contributed by atoms with Crippen LogP contribution in [-0.2, 0) is 14.8 Å². The molecule has 1 amide bonds. The Morgan fingerprint density at radius 2 is 2.08 bits per heavy atom. The smallest absolute Gasteiger partial charge is 0.219 e. The summed E-state index contributed by atoms with van der Waals surface area (Å²) in [4.78, 5) is 10.6. The molecule has 0 unspecified atom stereocenters. The van der Waals surface area contributed by atoms with E-state index < -0.39 is 10.0 Å². The lowest BCUT2D eigenvalue weighted by atomic mass is 10.4. The van der Waals surface area contributed by atoms with Gasteiger partial charge >= 0.3 is 0 Å². The van der Waals surface area contributed by atoms with Gasteiger partial charge in [-0.1, -0.05) is 6.92 Å². The third-order valence-corrected chi connectivity index (χ3v) is 2.11. The highest BCUT2D eigenvalue weighted by Gasteiger charge is 2.02. The molecular weight excluding hydrogens is 180 g/mol. The number of nitrogens with two attached hydrogens (primary N) is 1. The Labute approximate surface area is 72.4 Å². The van der Waals surface area contributed by atoms with Crippen LogP contribution >= 0.6 is 0 Å². The van der Waals surface area contributed by atoms with Crippen molar-refractivity contribution in [3.63, 3.8) is 0 Å². The third-order valence-electron chi connectivity index (χ3n) is 1.25. The summed E-state index contributed by atoms with van der Waals surface area (Å²) in [5.74, 6) is -0.166. The van der Waals surface area contributed by atoms with E-state index in [0.717, 1.165) is 0 Å². The van der Waals surface area contributed by atoms with E-state index in [-0.39, 0.29) is 11.7 Å². The molecule has 0 aliphatic heterocycles. The van der Waals surface area contributed by atoms with E-state index in [9.17, 15) is 13.2 Å². The number of primary sulfonamides is 1. The van der Waals surface area contributed by atoms with E-state index in [2.05, 4.69) is 5.32 Å². The second-order valence-corrected chi connectivity index (χ2v) is 4.16. The summed E-state index contributed by atoms with van der Waals surface area (Å²) in [6, 6.07) is 0. The maximum Gasteiger partial charge on any atom is 0.219 e. The second kappa shape index (κ2) is 5.10. The van der Waals surface area contributed by atoms with Crippen LogP contribution in [0.25, 0.3) is 0 Å². The predicted molar refractivity (Wildman–Crippen MR) is 45.9 cm³/mol. The van der Waals surface area contributed by atoms with Crippen molar-refractivity contribution in [3.05, 3.63) is 0 Å². The Hall–Kier alpha value is -0.620. The molecule has 0 aliphatic carbocycles. The fraction of sp³-hybridized carbons (Fsp3) is 0.833. The molecule has 0 atom stereocenters. The number of sulfonamides is 1. The minimum atomic E-state index is -3.38. The molecule has 0 saturated heterocycles. The van der Waals surface area contributed by atoms with Crippen molar-refractivity contribution in [2.24, 2.45) is 5.14 Å².